The van der Waals surface area contributed by atoms with Crippen LogP contribution < -0.4 is 10.5 Å². The largest absolute Gasteiger partial charge is 0.504 e. The van der Waals surface area contributed by atoms with E-state index in [0.29, 0.717) is 11.3 Å². The van der Waals surface area contributed by atoms with Gasteiger partial charge in [-0.25, -0.2) is 0 Å². The molecule has 0 saturated carbocycles. The second-order valence-electron chi connectivity index (χ2n) is 4.36. The molecule has 0 aliphatic rings. The standard InChI is InChI=1S/C13H20N2O2/c1-9(2)17-12-8-15-7-11(13(12)16)6-4-5-10(3)14/h4,6-10H,5,14H2,1-3H3,(H,15,16)/t10-/m1/s1. The highest BCUT2D eigenvalue weighted by Crippen LogP contribution is 2.30. The van der Waals surface area contributed by atoms with Crippen LogP contribution in [0.1, 0.15) is 32.8 Å². The fraction of sp³-hybridized carbons (Fsp3) is 0.462. The predicted octanol–water partition coefficient (Wildman–Crippen LogP) is 2.32. The highest BCUT2D eigenvalue weighted by molar-refractivity contribution is 5.60. The Morgan fingerprint density at radius 3 is 2.71 bits per heavy atom. The van der Waals surface area contributed by atoms with E-state index in [2.05, 4.69) is 4.98 Å². The van der Waals surface area contributed by atoms with Gasteiger partial charge in [-0.3, -0.25) is 4.98 Å². The van der Waals surface area contributed by atoms with E-state index in [0.717, 1.165) is 6.42 Å². The first-order chi connectivity index (χ1) is 8.00. The molecule has 0 aliphatic carbocycles. The van der Waals surface area contributed by atoms with E-state index in [4.69, 9.17) is 10.5 Å². The summed E-state index contributed by atoms with van der Waals surface area (Å²) in [7, 11) is 0. The first-order valence-corrected chi connectivity index (χ1v) is 5.76. The third-order valence-electron chi connectivity index (χ3n) is 2.08. The van der Waals surface area contributed by atoms with Gasteiger partial charge in [0.05, 0.1) is 12.3 Å². The zero-order valence-corrected chi connectivity index (χ0v) is 10.6. The van der Waals surface area contributed by atoms with Crippen LogP contribution >= 0.6 is 0 Å². The van der Waals surface area contributed by atoms with Crippen molar-refractivity contribution >= 4 is 6.08 Å². The third kappa shape index (κ3) is 4.44. The van der Waals surface area contributed by atoms with Crippen molar-refractivity contribution in [2.24, 2.45) is 5.73 Å². The second kappa shape index (κ2) is 6.25. The van der Waals surface area contributed by atoms with Crippen LogP contribution in [0.4, 0.5) is 0 Å². The predicted molar refractivity (Wildman–Crippen MR) is 69.0 cm³/mol. The van der Waals surface area contributed by atoms with Gasteiger partial charge < -0.3 is 15.6 Å². The summed E-state index contributed by atoms with van der Waals surface area (Å²) in [5, 5.41) is 9.96. The first-order valence-electron chi connectivity index (χ1n) is 5.76. The fourth-order valence-corrected chi connectivity index (χ4v) is 1.32. The Morgan fingerprint density at radius 2 is 2.12 bits per heavy atom. The van der Waals surface area contributed by atoms with Gasteiger partial charge in [0, 0.05) is 17.8 Å². The van der Waals surface area contributed by atoms with E-state index in [1.54, 1.807) is 12.3 Å². The Labute approximate surface area is 102 Å². The van der Waals surface area contributed by atoms with Gasteiger partial charge in [0.1, 0.15) is 0 Å². The summed E-state index contributed by atoms with van der Waals surface area (Å²) in [6.07, 6.45) is 7.60. The normalized spacial score (nSPS) is 13.2. The topological polar surface area (TPSA) is 68.4 Å². The molecule has 0 aliphatic heterocycles. The number of hydrogen-bond acceptors (Lipinski definition) is 4. The average molecular weight is 236 g/mol. The molecule has 0 unspecified atom stereocenters. The van der Waals surface area contributed by atoms with Crippen molar-refractivity contribution in [2.45, 2.75) is 39.3 Å². The lowest BCUT2D eigenvalue weighted by Gasteiger charge is -2.11. The summed E-state index contributed by atoms with van der Waals surface area (Å²) in [6, 6.07) is 0.108. The average Bonchev–Trinajstić information content (AvgIpc) is 2.22. The zero-order chi connectivity index (χ0) is 12.8. The van der Waals surface area contributed by atoms with Crippen LogP contribution in [0, 0.1) is 0 Å². The molecule has 0 bridgehead atoms. The number of pyridine rings is 1. The number of nitrogens with zero attached hydrogens (tertiary/aromatic N) is 1. The minimum atomic E-state index is 0.00555. The molecule has 94 valence electrons. The minimum absolute atomic E-state index is 0.00555. The van der Waals surface area contributed by atoms with Gasteiger partial charge in [0.25, 0.3) is 0 Å². The van der Waals surface area contributed by atoms with E-state index in [9.17, 15) is 5.11 Å². The lowest BCUT2D eigenvalue weighted by atomic mass is 10.2. The van der Waals surface area contributed by atoms with E-state index >= 15 is 0 Å². The van der Waals surface area contributed by atoms with Gasteiger partial charge in [0.15, 0.2) is 11.5 Å². The molecule has 3 N–H and O–H groups in total. The SMILES string of the molecule is CC(C)Oc1cncc(C=CC[C@@H](C)N)c1O. The molecule has 0 fully saturated rings. The first kappa shape index (κ1) is 13.5. The summed E-state index contributed by atoms with van der Waals surface area (Å²) in [5.74, 6) is 0.526. The highest BCUT2D eigenvalue weighted by Gasteiger charge is 2.08. The van der Waals surface area contributed by atoms with E-state index in [1.165, 1.54) is 6.20 Å². The maximum absolute atomic E-state index is 9.96. The smallest absolute Gasteiger partial charge is 0.180 e. The van der Waals surface area contributed by atoms with Crippen molar-refractivity contribution in [2.75, 3.05) is 0 Å². The zero-order valence-electron chi connectivity index (χ0n) is 10.6. The monoisotopic (exact) mass is 236 g/mol. The number of hydrogen-bond donors (Lipinski definition) is 2. The Morgan fingerprint density at radius 1 is 1.41 bits per heavy atom. The molecular weight excluding hydrogens is 216 g/mol. The molecule has 1 heterocycles. The molecule has 4 heteroatoms. The summed E-state index contributed by atoms with van der Waals surface area (Å²) in [6.45, 7) is 5.73. The molecular formula is C13H20N2O2. The van der Waals surface area contributed by atoms with Crippen molar-refractivity contribution in [3.63, 3.8) is 0 Å². The highest BCUT2D eigenvalue weighted by atomic mass is 16.5. The van der Waals surface area contributed by atoms with E-state index in [-0.39, 0.29) is 17.9 Å². The molecule has 0 aromatic carbocycles. The number of aromatic nitrogens is 1. The third-order valence-corrected chi connectivity index (χ3v) is 2.08. The second-order valence-corrected chi connectivity index (χ2v) is 4.36. The maximum Gasteiger partial charge on any atom is 0.180 e. The maximum atomic E-state index is 9.96. The lowest BCUT2D eigenvalue weighted by Crippen LogP contribution is -2.12. The molecule has 1 atom stereocenters. The van der Waals surface area contributed by atoms with Gasteiger partial charge >= 0.3 is 0 Å². The van der Waals surface area contributed by atoms with Crippen LogP contribution in [0.5, 0.6) is 11.5 Å². The quantitative estimate of drug-likeness (QED) is 0.823. The van der Waals surface area contributed by atoms with Crippen molar-refractivity contribution < 1.29 is 9.84 Å². The molecule has 0 saturated heterocycles. The van der Waals surface area contributed by atoms with Gasteiger partial charge in [-0.15, -0.1) is 0 Å². The Balaban J connectivity index is 2.83. The number of aromatic hydroxyl groups is 1. The lowest BCUT2D eigenvalue weighted by molar-refractivity contribution is 0.230. The molecule has 0 spiro atoms. The van der Waals surface area contributed by atoms with Crippen LogP contribution in [-0.4, -0.2) is 22.2 Å². The minimum Gasteiger partial charge on any atom is -0.504 e. The van der Waals surface area contributed by atoms with Crippen molar-refractivity contribution in [1.82, 2.24) is 4.98 Å². The molecule has 17 heavy (non-hydrogen) atoms. The van der Waals surface area contributed by atoms with Crippen LogP contribution in [0.15, 0.2) is 18.5 Å². The molecule has 1 aromatic rings. The Bertz CT molecular complexity index is 387. The summed E-state index contributed by atoms with van der Waals surface area (Å²) >= 11 is 0. The van der Waals surface area contributed by atoms with Gasteiger partial charge in [-0.2, -0.15) is 0 Å². The van der Waals surface area contributed by atoms with Crippen molar-refractivity contribution in [1.29, 1.82) is 0 Å². The van der Waals surface area contributed by atoms with Crippen LogP contribution in [0.2, 0.25) is 0 Å². The van der Waals surface area contributed by atoms with Crippen molar-refractivity contribution in [3.8, 4) is 11.5 Å². The van der Waals surface area contributed by atoms with Crippen molar-refractivity contribution in [3.05, 3.63) is 24.0 Å². The summed E-state index contributed by atoms with van der Waals surface area (Å²) in [5.41, 5.74) is 6.28. The summed E-state index contributed by atoms with van der Waals surface area (Å²) < 4.78 is 5.44. The summed E-state index contributed by atoms with van der Waals surface area (Å²) in [4.78, 5) is 4.03. The number of rotatable bonds is 5. The van der Waals surface area contributed by atoms with Gasteiger partial charge in [-0.1, -0.05) is 12.2 Å². The van der Waals surface area contributed by atoms with Crippen LogP contribution in [0.25, 0.3) is 6.08 Å². The Hall–Kier alpha value is -1.55. The number of nitrogens with two attached hydrogens (primary N) is 1. The molecule has 0 radical (unpaired) electrons. The van der Waals surface area contributed by atoms with E-state index in [1.807, 2.05) is 26.8 Å². The molecule has 4 nitrogen and oxygen atoms in total. The molecule has 1 aromatic heterocycles. The van der Waals surface area contributed by atoms with Gasteiger partial charge in [0.2, 0.25) is 0 Å². The molecule has 1 rings (SSSR count). The van der Waals surface area contributed by atoms with E-state index < -0.39 is 0 Å². The molecule has 0 amide bonds. The van der Waals surface area contributed by atoms with Gasteiger partial charge in [-0.05, 0) is 27.2 Å². The fourth-order valence-electron chi connectivity index (χ4n) is 1.32. The van der Waals surface area contributed by atoms with Crippen LogP contribution in [-0.2, 0) is 0 Å². The number of ether oxygens (including phenoxy) is 1. The van der Waals surface area contributed by atoms with Crippen LogP contribution in [0.3, 0.4) is 0 Å². The Kier molecular flexibility index (Phi) is 4.97.